The quantitative estimate of drug-likeness (QED) is 0.432. The van der Waals surface area contributed by atoms with Crippen LogP contribution in [0.2, 0.25) is 0 Å². The zero-order chi connectivity index (χ0) is 22.6. The van der Waals surface area contributed by atoms with Gasteiger partial charge in [-0.05, 0) is 62.6 Å². The van der Waals surface area contributed by atoms with Crippen molar-refractivity contribution in [3.05, 3.63) is 29.8 Å². The highest BCUT2D eigenvalue weighted by atomic mass is 16.5. The van der Waals surface area contributed by atoms with Gasteiger partial charge >= 0.3 is 0 Å². The van der Waals surface area contributed by atoms with Crippen molar-refractivity contribution in [2.75, 3.05) is 33.3 Å². The van der Waals surface area contributed by atoms with Gasteiger partial charge in [0.15, 0.2) is 5.96 Å². The number of rotatable bonds is 10. The third kappa shape index (κ3) is 7.75. The second-order valence-corrected chi connectivity index (χ2v) is 8.48. The van der Waals surface area contributed by atoms with E-state index in [1.165, 1.54) is 5.56 Å². The normalized spacial score (nSPS) is 16.3. The van der Waals surface area contributed by atoms with E-state index in [1.54, 1.807) is 7.11 Å². The lowest BCUT2D eigenvalue weighted by Gasteiger charge is -2.35. The SMILES string of the molecule is CCNC(=NCCC(C)c1ccc(OC)cc1)NC1CCN(C(=O)C(CC)CC)CC1. The van der Waals surface area contributed by atoms with Gasteiger partial charge in [0.1, 0.15) is 5.75 Å². The molecule has 31 heavy (non-hydrogen) atoms. The van der Waals surface area contributed by atoms with E-state index >= 15 is 0 Å². The van der Waals surface area contributed by atoms with Crippen molar-refractivity contribution in [3.63, 3.8) is 0 Å². The second-order valence-electron chi connectivity index (χ2n) is 8.48. The van der Waals surface area contributed by atoms with Gasteiger partial charge in [0.05, 0.1) is 7.11 Å². The number of carbonyl (C=O) groups is 1. The van der Waals surface area contributed by atoms with Crippen molar-refractivity contribution in [2.45, 2.75) is 71.8 Å². The highest BCUT2D eigenvalue weighted by Crippen LogP contribution is 2.22. The maximum absolute atomic E-state index is 12.6. The number of likely N-dealkylation sites (tertiary alicyclic amines) is 1. The van der Waals surface area contributed by atoms with Crippen molar-refractivity contribution in [1.29, 1.82) is 0 Å². The molecule has 1 amide bonds. The number of aliphatic imine (C=N–C) groups is 1. The van der Waals surface area contributed by atoms with Crippen molar-refractivity contribution < 1.29 is 9.53 Å². The number of hydrogen-bond acceptors (Lipinski definition) is 3. The average Bonchev–Trinajstić information content (AvgIpc) is 2.80. The molecule has 0 aromatic heterocycles. The van der Waals surface area contributed by atoms with Crippen LogP contribution in [0.3, 0.4) is 0 Å². The Labute approximate surface area is 188 Å². The van der Waals surface area contributed by atoms with E-state index in [0.29, 0.717) is 17.9 Å². The number of ether oxygens (including phenoxy) is 1. The largest absolute Gasteiger partial charge is 0.497 e. The minimum atomic E-state index is 0.177. The summed E-state index contributed by atoms with van der Waals surface area (Å²) in [6, 6.07) is 8.66. The van der Waals surface area contributed by atoms with Crippen molar-refractivity contribution in [3.8, 4) is 5.75 Å². The third-order valence-electron chi connectivity index (χ3n) is 6.34. The van der Waals surface area contributed by atoms with Crippen LogP contribution in [0.5, 0.6) is 5.75 Å². The molecule has 6 nitrogen and oxygen atoms in total. The number of methoxy groups -OCH3 is 1. The van der Waals surface area contributed by atoms with E-state index in [9.17, 15) is 4.79 Å². The number of nitrogens with zero attached hydrogens (tertiary/aromatic N) is 2. The van der Waals surface area contributed by atoms with E-state index in [0.717, 1.165) is 70.0 Å². The molecule has 0 radical (unpaired) electrons. The van der Waals surface area contributed by atoms with Gasteiger partial charge in [-0.1, -0.05) is 32.9 Å². The van der Waals surface area contributed by atoms with Crippen LogP contribution in [0.25, 0.3) is 0 Å². The first-order valence-electron chi connectivity index (χ1n) is 12.0. The van der Waals surface area contributed by atoms with Gasteiger partial charge in [0.25, 0.3) is 0 Å². The molecule has 2 N–H and O–H groups in total. The van der Waals surface area contributed by atoms with Crippen LogP contribution in [0.1, 0.15) is 71.3 Å². The molecule has 1 atom stereocenters. The summed E-state index contributed by atoms with van der Waals surface area (Å²) in [5, 5.41) is 6.96. The van der Waals surface area contributed by atoms with E-state index in [2.05, 4.69) is 55.4 Å². The molecule has 1 aliphatic heterocycles. The van der Waals surface area contributed by atoms with Crippen LogP contribution in [-0.2, 0) is 4.79 Å². The molecule has 1 heterocycles. The molecule has 0 spiro atoms. The molecule has 2 rings (SSSR count). The van der Waals surface area contributed by atoms with Gasteiger partial charge in [0, 0.05) is 38.1 Å². The molecule has 1 unspecified atom stereocenters. The molecular formula is C25H42N4O2. The van der Waals surface area contributed by atoms with E-state index < -0.39 is 0 Å². The lowest BCUT2D eigenvalue weighted by molar-refractivity contribution is -0.136. The second kappa shape index (κ2) is 13.2. The zero-order valence-corrected chi connectivity index (χ0v) is 20.1. The number of piperidine rings is 1. The first-order valence-corrected chi connectivity index (χ1v) is 12.0. The topological polar surface area (TPSA) is 66.0 Å². The Hall–Kier alpha value is -2.24. The first kappa shape index (κ1) is 25.0. The Balaban J connectivity index is 1.82. The van der Waals surface area contributed by atoms with Crippen molar-refractivity contribution in [1.82, 2.24) is 15.5 Å². The van der Waals surface area contributed by atoms with Crippen LogP contribution >= 0.6 is 0 Å². The monoisotopic (exact) mass is 430 g/mol. The fourth-order valence-electron chi connectivity index (χ4n) is 4.12. The molecule has 0 aliphatic carbocycles. The Kier molecular flexibility index (Phi) is 10.7. The van der Waals surface area contributed by atoms with Crippen LogP contribution < -0.4 is 15.4 Å². The molecule has 174 valence electrons. The lowest BCUT2D eigenvalue weighted by atomic mass is 9.98. The first-order chi connectivity index (χ1) is 15.0. The highest BCUT2D eigenvalue weighted by molar-refractivity contribution is 5.80. The molecule has 1 aromatic carbocycles. The smallest absolute Gasteiger partial charge is 0.225 e. The molecule has 0 saturated carbocycles. The van der Waals surface area contributed by atoms with Gasteiger partial charge in [-0.3, -0.25) is 9.79 Å². The summed E-state index contributed by atoms with van der Waals surface area (Å²) in [5.41, 5.74) is 1.31. The molecule has 6 heteroatoms. The Bertz CT molecular complexity index is 677. The standard InChI is InChI=1S/C25H42N4O2/c1-6-20(7-2)24(30)29-17-14-22(15-18-29)28-25(26-8-3)27-16-13-19(4)21-9-11-23(31-5)12-10-21/h9-12,19-20,22H,6-8,13-18H2,1-5H3,(H2,26,27,28). The average molecular weight is 431 g/mol. The number of carbonyl (C=O) groups excluding carboxylic acids is 1. The molecule has 1 aliphatic rings. The summed E-state index contributed by atoms with van der Waals surface area (Å²) in [4.78, 5) is 19.5. The maximum atomic E-state index is 12.6. The summed E-state index contributed by atoms with van der Waals surface area (Å²) in [6.45, 7) is 11.8. The van der Waals surface area contributed by atoms with Crippen molar-refractivity contribution >= 4 is 11.9 Å². The number of hydrogen-bond donors (Lipinski definition) is 2. The zero-order valence-electron chi connectivity index (χ0n) is 20.1. The van der Waals surface area contributed by atoms with Gasteiger partial charge < -0.3 is 20.3 Å². The van der Waals surface area contributed by atoms with Crippen LogP contribution in [0, 0.1) is 5.92 Å². The summed E-state index contributed by atoms with van der Waals surface area (Å²) >= 11 is 0. The number of guanidine groups is 1. The summed E-state index contributed by atoms with van der Waals surface area (Å²) in [7, 11) is 1.69. The third-order valence-corrected chi connectivity index (χ3v) is 6.34. The predicted octanol–water partition coefficient (Wildman–Crippen LogP) is 4.17. The van der Waals surface area contributed by atoms with Gasteiger partial charge in [0.2, 0.25) is 5.91 Å². The molecule has 0 bridgehead atoms. The molecule has 1 fully saturated rings. The van der Waals surface area contributed by atoms with Crippen LogP contribution in [0.4, 0.5) is 0 Å². The Morgan fingerprint density at radius 2 is 1.81 bits per heavy atom. The summed E-state index contributed by atoms with van der Waals surface area (Å²) < 4.78 is 5.24. The maximum Gasteiger partial charge on any atom is 0.225 e. The number of benzene rings is 1. The minimum absolute atomic E-state index is 0.177. The minimum Gasteiger partial charge on any atom is -0.497 e. The predicted molar refractivity (Wildman–Crippen MR) is 129 cm³/mol. The Morgan fingerprint density at radius 3 is 2.35 bits per heavy atom. The molecular weight excluding hydrogens is 388 g/mol. The fraction of sp³-hybridized carbons (Fsp3) is 0.680. The fourth-order valence-corrected chi connectivity index (χ4v) is 4.12. The van der Waals surface area contributed by atoms with Crippen molar-refractivity contribution in [2.24, 2.45) is 10.9 Å². The van der Waals surface area contributed by atoms with Gasteiger partial charge in [-0.25, -0.2) is 0 Å². The molecule has 1 aromatic rings. The lowest BCUT2D eigenvalue weighted by Crippen LogP contribution is -2.50. The summed E-state index contributed by atoms with van der Waals surface area (Å²) in [5.74, 6) is 2.72. The summed E-state index contributed by atoms with van der Waals surface area (Å²) in [6.07, 6.45) is 4.79. The van der Waals surface area contributed by atoms with Crippen LogP contribution in [-0.4, -0.2) is 56.1 Å². The number of nitrogens with one attached hydrogen (secondary N) is 2. The van der Waals surface area contributed by atoms with Gasteiger partial charge in [-0.15, -0.1) is 0 Å². The Morgan fingerprint density at radius 1 is 1.16 bits per heavy atom. The van der Waals surface area contributed by atoms with Crippen LogP contribution in [0.15, 0.2) is 29.3 Å². The molecule has 1 saturated heterocycles. The van der Waals surface area contributed by atoms with E-state index in [1.807, 2.05) is 12.1 Å². The van der Waals surface area contributed by atoms with Gasteiger partial charge in [-0.2, -0.15) is 0 Å². The highest BCUT2D eigenvalue weighted by Gasteiger charge is 2.26. The van der Waals surface area contributed by atoms with E-state index in [4.69, 9.17) is 9.73 Å². The van der Waals surface area contributed by atoms with E-state index in [-0.39, 0.29) is 5.92 Å². The number of amides is 1.